The molecule has 1 heterocycles. The Hall–Kier alpha value is -2.28. The average molecular weight is 582 g/mol. The van der Waals surface area contributed by atoms with Crippen molar-refractivity contribution in [3.63, 3.8) is 0 Å². The second kappa shape index (κ2) is 17.0. The molecule has 1 saturated heterocycles. The molecule has 1 amide bonds. The Morgan fingerprint density at radius 2 is 0.976 bits per heavy atom. The maximum Gasteiger partial charge on any atom is 0.317 e. The molecule has 2 atom stereocenters. The van der Waals surface area contributed by atoms with Gasteiger partial charge in [-0.15, -0.1) is 0 Å². The molecule has 0 bridgehead atoms. The monoisotopic (exact) mass is 581 g/mol. The first kappa shape index (κ1) is 33.2. The zero-order valence-corrected chi connectivity index (χ0v) is 24.7. The lowest BCUT2D eigenvalue weighted by molar-refractivity contribution is -0.140. The summed E-state index contributed by atoms with van der Waals surface area (Å²) >= 11 is 0. The van der Waals surface area contributed by atoms with Gasteiger partial charge >= 0.3 is 17.9 Å². The van der Waals surface area contributed by atoms with E-state index in [2.05, 4.69) is 12.2 Å². The van der Waals surface area contributed by atoms with E-state index in [1.807, 2.05) is 4.90 Å². The van der Waals surface area contributed by atoms with Crippen LogP contribution in [0.2, 0.25) is 0 Å². The molecule has 0 aromatic rings. The minimum atomic E-state index is -0.986. The maximum atomic E-state index is 13.0. The van der Waals surface area contributed by atoms with Gasteiger partial charge in [-0.25, -0.2) is 0 Å². The summed E-state index contributed by atoms with van der Waals surface area (Å²) in [6.07, 6.45) is 8.97. The average Bonchev–Trinajstić information content (AvgIpc) is 3.37. The molecular formula is C29H51N5O7. The predicted octanol–water partition coefficient (Wildman–Crippen LogP) is 0.821. The van der Waals surface area contributed by atoms with Crippen molar-refractivity contribution in [3.8, 4) is 0 Å². The molecule has 0 aromatic heterocycles. The lowest BCUT2D eigenvalue weighted by Gasteiger charge is -2.33. The van der Waals surface area contributed by atoms with Crippen LogP contribution in [-0.4, -0.2) is 144 Å². The molecule has 1 aliphatic heterocycles. The number of aliphatic carboxylic acids is 3. The maximum absolute atomic E-state index is 13.0. The first-order chi connectivity index (χ1) is 19.6. The van der Waals surface area contributed by atoms with Gasteiger partial charge < -0.3 is 20.6 Å². The molecule has 12 nitrogen and oxygen atoms in total. The molecule has 0 aromatic carbocycles. The van der Waals surface area contributed by atoms with Crippen molar-refractivity contribution in [2.24, 2.45) is 23.7 Å². The van der Waals surface area contributed by atoms with Crippen molar-refractivity contribution < 1.29 is 34.5 Å². The van der Waals surface area contributed by atoms with E-state index in [0.29, 0.717) is 64.8 Å². The highest BCUT2D eigenvalue weighted by Gasteiger charge is 2.32. The van der Waals surface area contributed by atoms with Crippen molar-refractivity contribution in [3.05, 3.63) is 0 Å². The summed E-state index contributed by atoms with van der Waals surface area (Å²) in [6.45, 7) is 5.80. The molecule has 3 aliphatic rings. The third kappa shape index (κ3) is 12.6. The van der Waals surface area contributed by atoms with Crippen LogP contribution in [0.3, 0.4) is 0 Å². The van der Waals surface area contributed by atoms with Gasteiger partial charge in [0.1, 0.15) is 0 Å². The van der Waals surface area contributed by atoms with E-state index in [-0.39, 0.29) is 32.1 Å². The number of carbonyl (C=O) groups is 4. The lowest BCUT2D eigenvalue weighted by atomic mass is 9.75. The fourth-order valence-electron chi connectivity index (χ4n) is 6.79. The first-order valence-corrected chi connectivity index (χ1v) is 15.4. The minimum absolute atomic E-state index is 0.0609. The number of carbonyl (C=O) groups excluding carboxylic acids is 1. The van der Waals surface area contributed by atoms with Crippen LogP contribution in [0.5, 0.6) is 0 Å². The number of hydrogen-bond acceptors (Lipinski definition) is 8. The Kier molecular flexibility index (Phi) is 13.8. The van der Waals surface area contributed by atoms with Gasteiger partial charge in [0.25, 0.3) is 0 Å². The highest BCUT2D eigenvalue weighted by Crippen LogP contribution is 2.42. The number of amides is 1. The molecule has 2 aliphatic carbocycles. The smallest absolute Gasteiger partial charge is 0.317 e. The molecule has 2 unspecified atom stereocenters. The Morgan fingerprint density at radius 1 is 0.585 bits per heavy atom. The van der Waals surface area contributed by atoms with Gasteiger partial charge in [-0.1, -0.05) is 19.8 Å². The van der Waals surface area contributed by atoms with Crippen molar-refractivity contribution in [2.45, 2.75) is 51.9 Å². The van der Waals surface area contributed by atoms with Crippen LogP contribution in [0, 0.1) is 23.7 Å². The van der Waals surface area contributed by atoms with Gasteiger partial charge in [0.05, 0.1) is 26.2 Å². The number of nitrogens with zero attached hydrogens (tertiary/aromatic N) is 4. The molecule has 4 N–H and O–H groups in total. The van der Waals surface area contributed by atoms with E-state index in [1.54, 1.807) is 14.7 Å². The molecule has 41 heavy (non-hydrogen) atoms. The summed E-state index contributed by atoms with van der Waals surface area (Å²) in [6, 6.07) is 0. The zero-order valence-electron chi connectivity index (χ0n) is 24.7. The molecule has 3 rings (SSSR count). The molecule has 12 heteroatoms. The van der Waals surface area contributed by atoms with Crippen LogP contribution < -0.4 is 5.32 Å². The quantitative estimate of drug-likeness (QED) is 0.274. The third-order valence-electron chi connectivity index (χ3n) is 9.27. The van der Waals surface area contributed by atoms with Gasteiger partial charge in [-0.05, 0) is 55.8 Å². The van der Waals surface area contributed by atoms with E-state index in [1.165, 1.54) is 38.5 Å². The summed E-state index contributed by atoms with van der Waals surface area (Å²) in [4.78, 5) is 54.5. The number of rotatable bonds is 11. The Morgan fingerprint density at radius 3 is 1.39 bits per heavy atom. The van der Waals surface area contributed by atoms with Crippen molar-refractivity contribution in [2.75, 3.05) is 85.1 Å². The van der Waals surface area contributed by atoms with Gasteiger partial charge in [0.15, 0.2) is 0 Å². The summed E-state index contributed by atoms with van der Waals surface area (Å²) < 4.78 is 0. The highest BCUT2D eigenvalue weighted by molar-refractivity contribution is 5.78. The van der Waals surface area contributed by atoms with Crippen LogP contribution in [0.15, 0.2) is 0 Å². The first-order valence-electron chi connectivity index (χ1n) is 15.4. The lowest BCUT2D eigenvalue weighted by Crippen LogP contribution is -2.50. The molecule has 0 radical (unpaired) electrons. The third-order valence-corrected chi connectivity index (χ3v) is 9.27. The fourth-order valence-corrected chi connectivity index (χ4v) is 6.79. The molecular weight excluding hydrogens is 530 g/mol. The van der Waals surface area contributed by atoms with E-state index in [4.69, 9.17) is 0 Å². The number of hydrogen-bond donors (Lipinski definition) is 4. The van der Waals surface area contributed by atoms with Crippen LogP contribution in [0.25, 0.3) is 0 Å². The van der Waals surface area contributed by atoms with Crippen LogP contribution in [0.4, 0.5) is 0 Å². The van der Waals surface area contributed by atoms with E-state index in [9.17, 15) is 34.5 Å². The largest absolute Gasteiger partial charge is 0.480 e. The minimum Gasteiger partial charge on any atom is -0.480 e. The second-order valence-electron chi connectivity index (χ2n) is 12.5. The SMILES string of the molecule is CC1CCC(C2CCC(CNC(=O)CN3CCN(CC(=O)O)CCN(CC(=O)O)CCN(CC(=O)O)CC3)C2)CC1. The van der Waals surface area contributed by atoms with Gasteiger partial charge in [0, 0.05) is 58.9 Å². The summed E-state index contributed by atoms with van der Waals surface area (Å²) in [5.41, 5.74) is 0. The molecule has 2 saturated carbocycles. The Bertz CT molecular complexity index is 834. The molecule has 3 fully saturated rings. The Labute approximate surface area is 244 Å². The van der Waals surface area contributed by atoms with Gasteiger partial charge in [-0.2, -0.15) is 0 Å². The molecule has 234 valence electrons. The fraction of sp³-hybridized carbons (Fsp3) is 0.862. The Balaban J connectivity index is 1.54. The number of carboxylic acids is 3. The standard InChI is InChI=1S/C29H51N5O7/c1-22-2-5-24(6-3-22)25-7-4-23(16-25)17-30-26(35)18-31-8-10-32(19-27(36)37)12-14-34(21-29(40)41)15-13-33(11-9-31)20-28(38)39/h22-25H,2-21H2,1H3,(H,30,35)(H,36,37)(H,38,39)(H,40,41). The summed E-state index contributed by atoms with van der Waals surface area (Å²) in [5, 5.41) is 31.2. The summed E-state index contributed by atoms with van der Waals surface area (Å²) in [5.74, 6) is 0.0231. The van der Waals surface area contributed by atoms with Crippen molar-refractivity contribution >= 4 is 23.8 Å². The van der Waals surface area contributed by atoms with Gasteiger partial charge in [0.2, 0.25) is 5.91 Å². The zero-order chi connectivity index (χ0) is 29.8. The van der Waals surface area contributed by atoms with Crippen LogP contribution in [0.1, 0.15) is 51.9 Å². The normalized spacial score (nSPS) is 28.4. The number of nitrogens with one attached hydrogen (secondary N) is 1. The highest BCUT2D eigenvalue weighted by atomic mass is 16.4. The van der Waals surface area contributed by atoms with E-state index in [0.717, 1.165) is 24.2 Å². The van der Waals surface area contributed by atoms with Crippen molar-refractivity contribution in [1.82, 2.24) is 24.9 Å². The van der Waals surface area contributed by atoms with Gasteiger partial charge in [-0.3, -0.25) is 38.8 Å². The van der Waals surface area contributed by atoms with Crippen molar-refractivity contribution in [1.29, 1.82) is 0 Å². The molecule has 0 spiro atoms. The second-order valence-corrected chi connectivity index (χ2v) is 12.5. The predicted molar refractivity (Wildman–Crippen MR) is 154 cm³/mol. The summed E-state index contributed by atoms with van der Waals surface area (Å²) in [7, 11) is 0. The van der Waals surface area contributed by atoms with E-state index < -0.39 is 17.9 Å². The van der Waals surface area contributed by atoms with Crippen LogP contribution in [-0.2, 0) is 19.2 Å². The topological polar surface area (TPSA) is 154 Å². The van der Waals surface area contributed by atoms with E-state index >= 15 is 0 Å². The number of carboxylic acid groups (broad SMARTS) is 3. The van der Waals surface area contributed by atoms with Crippen LogP contribution >= 0.6 is 0 Å².